The standard InChI is InChI=1S/C22H24N4O/c1-14(2)18-10-7-9-16(4)20(18)26-21(27)17-12-23-22(24-13-17)25-19-11-6-5-8-15(19)3/h5-14H,1-4H3,(H,26,27)(H,23,24,25). The van der Waals surface area contributed by atoms with Gasteiger partial charge in [0.1, 0.15) is 0 Å². The number of nitrogens with zero attached hydrogens (tertiary/aromatic N) is 2. The van der Waals surface area contributed by atoms with Gasteiger partial charge in [0, 0.05) is 23.8 Å². The van der Waals surface area contributed by atoms with E-state index in [-0.39, 0.29) is 5.91 Å². The number of rotatable bonds is 5. The molecule has 0 aliphatic carbocycles. The zero-order valence-electron chi connectivity index (χ0n) is 16.1. The number of carbonyl (C=O) groups is 1. The summed E-state index contributed by atoms with van der Waals surface area (Å²) >= 11 is 0. The lowest BCUT2D eigenvalue weighted by molar-refractivity contribution is 0.102. The number of carbonyl (C=O) groups excluding carboxylic acids is 1. The van der Waals surface area contributed by atoms with E-state index in [2.05, 4.69) is 34.4 Å². The first-order chi connectivity index (χ1) is 13.0. The highest BCUT2D eigenvalue weighted by molar-refractivity contribution is 6.04. The number of benzene rings is 2. The van der Waals surface area contributed by atoms with Crippen molar-refractivity contribution in [3.63, 3.8) is 0 Å². The summed E-state index contributed by atoms with van der Waals surface area (Å²) in [7, 11) is 0. The third-order valence-corrected chi connectivity index (χ3v) is 4.47. The molecule has 0 fully saturated rings. The largest absolute Gasteiger partial charge is 0.324 e. The summed E-state index contributed by atoms with van der Waals surface area (Å²) in [5.74, 6) is 0.561. The summed E-state index contributed by atoms with van der Waals surface area (Å²) in [5.41, 5.74) is 5.47. The molecule has 0 spiro atoms. The monoisotopic (exact) mass is 360 g/mol. The molecule has 0 aliphatic heterocycles. The van der Waals surface area contributed by atoms with Crippen molar-refractivity contribution in [1.82, 2.24) is 9.97 Å². The van der Waals surface area contributed by atoms with E-state index in [0.717, 1.165) is 28.1 Å². The lowest BCUT2D eigenvalue weighted by Gasteiger charge is -2.16. The number of amides is 1. The van der Waals surface area contributed by atoms with E-state index in [1.165, 1.54) is 12.4 Å². The molecule has 0 saturated heterocycles. The minimum absolute atomic E-state index is 0.214. The third-order valence-electron chi connectivity index (χ3n) is 4.47. The van der Waals surface area contributed by atoms with Crippen LogP contribution in [0.1, 0.15) is 46.8 Å². The zero-order chi connectivity index (χ0) is 19.4. The molecule has 0 radical (unpaired) electrons. The quantitative estimate of drug-likeness (QED) is 0.655. The van der Waals surface area contributed by atoms with Crippen molar-refractivity contribution < 1.29 is 4.79 Å². The normalized spacial score (nSPS) is 10.7. The number of aryl methyl sites for hydroxylation is 2. The molecule has 27 heavy (non-hydrogen) atoms. The average molecular weight is 360 g/mol. The predicted molar refractivity (Wildman–Crippen MR) is 110 cm³/mol. The highest BCUT2D eigenvalue weighted by Gasteiger charge is 2.14. The molecule has 1 heterocycles. The highest BCUT2D eigenvalue weighted by Crippen LogP contribution is 2.27. The van der Waals surface area contributed by atoms with Crippen LogP contribution in [0.4, 0.5) is 17.3 Å². The van der Waals surface area contributed by atoms with E-state index in [9.17, 15) is 4.79 Å². The molecule has 0 bridgehead atoms. The minimum Gasteiger partial charge on any atom is -0.324 e. The van der Waals surface area contributed by atoms with E-state index >= 15 is 0 Å². The average Bonchev–Trinajstić information content (AvgIpc) is 2.65. The Labute approximate surface area is 159 Å². The number of para-hydroxylation sites is 2. The summed E-state index contributed by atoms with van der Waals surface area (Å²) in [6.07, 6.45) is 3.08. The molecule has 3 aromatic rings. The van der Waals surface area contributed by atoms with Crippen molar-refractivity contribution in [3.05, 3.63) is 77.1 Å². The molecular formula is C22H24N4O. The van der Waals surface area contributed by atoms with E-state index in [1.807, 2.05) is 56.3 Å². The van der Waals surface area contributed by atoms with Crippen LogP contribution in [0.15, 0.2) is 54.9 Å². The molecule has 5 nitrogen and oxygen atoms in total. The summed E-state index contributed by atoms with van der Waals surface area (Å²) in [6, 6.07) is 13.9. The second-order valence-corrected chi connectivity index (χ2v) is 6.88. The summed E-state index contributed by atoms with van der Waals surface area (Å²) < 4.78 is 0. The van der Waals surface area contributed by atoms with Crippen LogP contribution in [0.5, 0.6) is 0 Å². The Balaban J connectivity index is 1.76. The van der Waals surface area contributed by atoms with Gasteiger partial charge in [0.25, 0.3) is 5.91 Å². The SMILES string of the molecule is Cc1ccccc1Nc1ncc(C(=O)Nc2c(C)cccc2C(C)C)cn1. The molecule has 0 saturated carbocycles. The number of hydrogen-bond acceptors (Lipinski definition) is 4. The van der Waals surface area contributed by atoms with Gasteiger partial charge >= 0.3 is 0 Å². The fraction of sp³-hybridized carbons (Fsp3) is 0.227. The Hall–Kier alpha value is -3.21. The first-order valence-corrected chi connectivity index (χ1v) is 9.01. The van der Waals surface area contributed by atoms with Crippen molar-refractivity contribution in [3.8, 4) is 0 Å². The Morgan fingerprint density at radius 2 is 1.59 bits per heavy atom. The van der Waals surface area contributed by atoms with Crippen LogP contribution < -0.4 is 10.6 Å². The maximum Gasteiger partial charge on any atom is 0.258 e. The Kier molecular flexibility index (Phi) is 5.50. The molecule has 2 N–H and O–H groups in total. The molecule has 3 rings (SSSR count). The molecule has 2 aromatic carbocycles. The van der Waals surface area contributed by atoms with Gasteiger partial charge in [0.2, 0.25) is 5.95 Å². The van der Waals surface area contributed by atoms with Gasteiger partial charge in [-0.05, 0) is 42.5 Å². The minimum atomic E-state index is -0.214. The Bertz CT molecular complexity index is 949. The number of hydrogen-bond donors (Lipinski definition) is 2. The maximum absolute atomic E-state index is 12.7. The van der Waals surface area contributed by atoms with Gasteiger partial charge in [-0.3, -0.25) is 4.79 Å². The Morgan fingerprint density at radius 3 is 2.26 bits per heavy atom. The summed E-state index contributed by atoms with van der Waals surface area (Å²) in [5, 5.41) is 6.18. The Morgan fingerprint density at radius 1 is 0.926 bits per heavy atom. The van der Waals surface area contributed by atoms with Crippen molar-refractivity contribution in [1.29, 1.82) is 0 Å². The fourth-order valence-electron chi connectivity index (χ4n) is 2.87. The molecule has 138 valence electrons. The fourth-order valence-corrected chi connectivity index (χ4v) is 2.87. The third kappa shape index (κ3) is 4.31. The van der Waals surface area contributed by atoms with Gasteiger partial charge < -0.3 is 10.6 Å². The number of anilines is 3. The van der Waals surface area contributed by atoms with Crippen LogP contribution in [0, 0.1) is 13.8 Å². The van der Waals surface area contributed by atoms with Crippen molar-refractivity contribution in [2.45, 2.75) is 33.6 Å². The van der Waals surface area contributed by atoms with E-state index in [1.54, 1.807) is 0 Å². The van der Waals surface area contributed by atoms with E-state index < -0.39 is 0 Å². The lowest BCUT2D eigenvalue weighted by Crippen LogP contribution is -2.15. The van der Waals surface area contributed by atoms with Crippen LogP contribution in [0.2, 0.25) is 0 Å². The van der Waals surface area contributed by atoms with Crippen molar-refractivity contribution in [2.24, 2.45) is 0 Å². The van der Waals surface area contributed by atoms with Crippen LogP contribution in [-0.4, -0.2) is 15.9 Å². The van der Waals surface area contributed by atoms with Gasteiger partial charge in [-0.25, -0.2) is 9.97 Å². The second-order valence-electron chi connectivity index (χ2n) is 6.88. The smallest absolute Gasteiger partial charge is 0.258 e. The van der Waals surface area contributed by atoms with Crippen molar-refractivity contribution in [2.75, 3.05) is 10.6 Å². The lowest BCUT2D eigenvalue weighted by atomic mass is 9.98. The van der Waals surface area contributed by atoms with E-state index in [4.69, 9.17) is 0 Å². The van der Waals surface area contributed by atoms with Gasteiger partial charge in [-0.15, -0.1) is 0 Å². The van der Waals surface area contributed by atoms with Crippen LogP contribution in [-0.2, 0) is 0 Å². The van der Waals surface area contributed by atoms with Gasteiger partial charge in [-0.1, -0.05) is 50.2 Å². The maximum atomic E-state index is 12.7. The topological polar surface area (TPSA) is 66.9 Å². The van der Waals surface area contributed by atoms with Gasteiger partial charge in [-0.2, -0.15) is 0 Å². The van der Waals surface area contributed by atoms with Crippen LogP contribution in [0.25, 0.3) is 0 Å². The molecule has 0 atom stereocenters. The summed E-state index contributed by atoms with van der Waals surface area (Å²) in [4.78, 5) is 21.2. The van der Waals surface area contributed by atoms with E-state index in [0.29, 0.717) is 17.4 Å². The highest BCUT2D eigenvalue weighted by atomic mass is 16.1. The molecule has 1 aromatic heterocycles. The molecule has 0 aliphatic rings. The molecular weight excluding hydrogens is 336 g/mol. The first kappa shape index (κ1) is 18.6. The second kappa shape index (κ2) is 7.99. The summed E-state index contributed by atoms with van der Waals surface area (Å²) in [6.45, 7) is 8.23. The van der Waals surface area contributed by atoms with Crippen LogP contribution >= 0.6 is 0 Å². The number of aromatic nitrogens is 2. The molecule has 1 amide bonds. The van der Waals surface area contributed by atoms with Gasteiger partial charge in [0.05, 0.1) is 5.56 Å². The predicted octanol–water partition coefficient (Wildman–Crippen LogP) is 5.21. The number of nitrogens with one attached hydrogen (secondary N) is 2. The first-order valence-electron chi connectivity index (χ1n) is 9.01. The zero-order valence-corrected chi connectivity index (χ0v) is 16.1. The molecule has 5 heteroatoms. The van der Waals surface area contributed by atoms with Gasteiger partial charge in [0.15, 0.2) is 0 Å². The van der Waals surface area contributed by atoms with Crippen molar-refractivity contribution >= 4 is 23.2 Å². The molecule has 0 unspecified atom stereocenters. The van der Waals surface area contributed by atoms with Crippen LogP contribution in [0.3, 0.4) is 0 Å².